The SMILES string of the molecule is NC=Cc1nc(CO)cc2ccnc(Cl)c12. The first-order chi connectivity index (χ1) is 7.76. The Balaban J connectivity index is 2.82. The largest absolute Gasteiger partial charge is 0.405 e. The van der Waals surface area contributed by atoms with E-state index in [1.54, 1.807) is 18.3 Å². The molecule has 0 amide bonds. The fraction of sp³-hybridized carbons (Fsp3) is 0.0909. The predicted octanol–water partition coefficient (Wildman–Crippen LogP) is 1.70. The summed E-state index contributed by atoms with van der Waals surface area (Å²) in [5, 5.41) is 11.1. The normalized spacial score (nSPS) is 11.4. The van der Waals surface area contributed by atoms with Crippen LogP contribution in [0.25, 0.3) is 16.8 Å². The lowest BCUT2D eigenvalue weighted by atomic mass is 10.1. The molecule has 2 aromatic heterocycles. The van der Waals surface area contributed by atoms with Gasteiger partial charge in [-0.25, -0.2) is 4.98 Å². The maximum Gasteiger partial charge on any atom is 0.138 e. The fourth-order valence-electron chi connectivity index (χ4n) is 1.54. The molecule has 2 rings (SSSR count). The number of fused-ring (bicyclic) bond motifs is 1. The molecule has 82 valence electrons. The quantitative estimate of drug-likeness (QED) is 0.778. The van der Waals surface area contributed by atoms with Crippen LogP contribution in [0.2, 0.25) is 5.15 Å². The average molecular weight is 236 g/mol. The molecule has 0 saturated heterocycles. The Bertz CT molecular complexity index is 554. The second-order valence-corrected chi connectivity index (χ2v) is 3.57. The Morgan fingerprint density at radius 3 is 3.00 bits per heavy atom. The van der Waals surface area contributed by atoms with Crippen molar-refractivity contribution >= 4 is 28.4 Å². The van der Waals surface area contributed by atoms with Crippen molar-refractivity contribution in [3.05, 3.63) is 41.1 Å². The van der Waals surface area contributed by atoms with Gasteiger partial charge in [0, 0.05) is 11.6 Å². The second kappa shape index (κ2) is 4.47. The summed E-state index contributed by atoms with van der Waals surface area (Å²) in [5.41, 5.74) is 6.53. The van der Waals surface area contributed by atoms with Crippen LogP contribution in [-0.2, 0) is 6.61 Å². The highest BCUT2D eigenvalue weighted by molar-refractivity contribution is 6.34. The molecule has 0 spiro atoms. The minimum atomic E-state index is -0.124. The number of nitrogens with two attached hydrogens (primary N) is 1. The van der Waals surface area contributed by atoms with Crippen LogP contribution in [0.4, 0.5) is 0 Å². The number of rotatable bonds is 2. The molecule has 0 aliphatic heterocycles. The third-order valence-corrected chi connectivity index (χ3v) is 2.48. The first-order valence-electron chi connectivity index (χ1n) is 4.69. The summed E-state index contributed by atoms with van der Waals surface area (Å²) in [6.45, 7) is -0.124. The van der Waals surface area contributed by atoms with Gasteiger partial charge in [0.2, 0.25) is 0 Å². The van der Waals surface area contributed by atoms with Crippen LogP contribution in [0.15, 0.2) is 24.5 Å². The molecule has 0 aliphatic carbocycles. The number of pyridine rings is 2. The van der Waals surface area contributed by atoms with Gasteiger partial charge in [0.15, 0.2) is 0 Å². The van der Waals surface area contributed by atoms with Crippen LogP contribution in [0.1, 0.15) is 11.4 Å². The molecule has 2 aromatic rings. The van der Waals surface area contributed by atoms with Crippen LogP contribution >= 0.6 is 11.6 Å². The highest BCUT2D eigenvalue weighted by atomic mass is 35.5. The summed E-state index contributed by atoms with van der Waals surface area (Å²) in [6.07, 6.45) is 4.63. The summed E-state index contributed by atoms with van der Waals surface area (Å²) < 4.78 is 0. The van der Waals surface area contributed by atoms with Gasteiger partial charge in [-0.1, -0.05) is 11.6 Å². The molecule has 0 fully saturated rings. The van der Waals surface area contributed by atoms with E-state index in [-0.39, 0.29) is 6.61 Å². The number of aromatic nitrogens is 2. The van der Waals surface area contributed by atoms with Crippen molar-refractivity contribution in [2.24, 2.45) is 5.73 Å². The maximum absolute atomic E-state index is 9.09. The van der Waals surface area contributed by atoms with Gasteiger partial charge in [-0.2, -0.15) is 0 Å². The van der Waals surface area contributed by atoms with Crippen molar-refractivity contribution in [1.82, 2.24) is 9.97 Å². The zero-order valence-electron chi connectivity index (χ0n) is 8.39. The Hall–Kier alpha value is -1.65. The highest BCUT2D eigenvalue weighted by Gasteiger charge is 2.07. The molecule has 0 unspecified atom stereocenters. The molecule has 2 heterocycles. The Morgan fingerprint density at radius 1 is 1.50 bits per heavy atom. The molecule has 0 atom stereocenters. The molecule has 4 nitrogen and oxygen atoms in total. The summed E-state index contributed by atoms with van der Waals surface area (Å²) >= 11 is 6.01. The Labute approximate surface area is 97.4 Å². The lowest BCUT2D eigenvalue weighted by molar-refractivity contribution is 0.277. The Kier molecular flexibility index (Phi) is 3.03. The average Bonchev–Trinajstić information content (AvgIpc) is 2.29. The topological polar surface area (TPSA) is 72.0 Å². The number of hydrogen-bond acceptors (Lipinski definition) is 4. The molecule has 0 saturated carbocycles. The molecule has 5 heteroatoms. The van der Waals surface area contributed by atoms with E-state index in [9.17, 15) is 0 Å². The van der Waals surface area contributed by atoms with Crippen LogP contribution in [0, 0.1) is 0 Å². The van der Waals surface area contributed by atoms with Crippen LogP contribution < -0.4 is 5.73 Å². The lowest BCUT2D eigenvalue weighted by Crippen LogP contribution is -1.95. The number of hydrogen-bond donors (Lipinski definition) is 2. The van der Waals surface area contributed by atoms with Gasteiger partial charge in [-0.3, -0.25) is 4.98 Å². The third kappa shape index (κ3) is 1.85. The van der Waals surface area contributed by atoms with E-state index in [0.29, 0.717) is 16.5 Å². The predicted molar refractivity (Wildman–Crippen MR) is 63.7 cm³/mol. The van der Waals surface area contributed by atoms with Crippen molar-refractivity contribution in [1.29, 1.82) is 0 Å². The third-order valence-electron chi connectivity index (χ3n) is 2.20. The Morgan fingerprint density at radius 2 is 2.31 bits per heavy atom. The van der Waals surface area contributed by atoms with E-state index in [2.05, 4.69) is 9.97 Å². The van der Waals surface area contributed by atoms with Crippen LogP contribution in [0.3, 0.4) is 0 Å². The molecule has 0 aliphatic rings. The lowest BCUT2D eigenvalue weighted by Gasteiger charge is -2.05. The zero-order chi connectivity index (χ0) is 11.5. The molecule has 0 aromatic carbocycles. The van der Waals surface area contributed by atoms with Crippen molar-refractivity contribution in [3.63, 3.8) is 0 Å². The maximum atomic E-state index is 9.09. The summed E-state index contributed by atoms with van der Waals surface area (Å²) in [7, 11) is 0. The van der Waals surface area contributed by atoms with Gasteiger partial charge in [0.1, 0.15) is 5.15 Å². The standard InChI is InChI=1S/C11H10ClN3O/c12-11-10-7(2-4-14-11)5-8(6-16)15-9(10)1-3-13/h1-5,16H,6,13H2. The number of aliphatic hydroxyl groups is 1. The molecule has 0 radical (unpaired) electrons. The van der Waals surface area contributed by atoms with Crippen LogP contribution in [-0.4, -0.2) is 15.1 Å². The van der Waals surface area contributed by atoms with Crippen LogP contribution in [0.5, 0.6) is 0 Å². The van der Waals surface area contributed by atoms with E-state index in [1.165, 1.54) is 6.20 Å². The number of aliphatic hydroxyl groups excluding tert-OH is 1. The smallest absolute Gasteiger partial charge is 0.138 e. The second-order valence-electron chi connectivity index (χ2n) is 3.22. The van der Waals surface area contributed by atoms with E-state index in [0.717, 1.165) is 10.8 Å². The van der Waals surface area contributed by atoms with Gasteiger partial charge in [-0.05, 0) is 29.8 Å². The monoisotopic (exact) mass is 235 g/mol. The molecular weight excluding hydrogens is 226 g/mol. The number of halogens is 1. The van der Waals surface area contributed by atoms with Crippen molar-refractivity contribution in [2.45, 2.75) is 6.61 Å². The minimum absolute atomic E-state index is 0.124. The summed E-state index contributed by atoms with van der Waals surface area (Å²) in [5.74, 6) is 0. The summed E-state index contributed by atoms with van der Waals surface area (Å²) in [6, 6.07) is 3.59. The first-order valence-corrected chi connectivity index (χ1v) is 5.07. The van der Waals surface area contributed by atoms with Gasteiger partial charge in [-0.15, -0.1) is 0 Å². The first kappa shape index (κ1) is 10.9. The summed E-state index contributed by atoms with van der Waals surface area (Å²) in [4.78, 5) is 8.22. The van der Waals surface area contributed by atoms with Gasteiger partial charge in [0.25, 0.3) is 0 Å². The van der Waals surface area contributed by atoms with Gasteiger partial charge < -0.3 is 10.8 Å². The van der Waals surface area contributed by atoms with E-state index in [1.807, 2.05) is 6.07 Å². The van der Waals surface area contributed by atoms with Gasteiger partial charge >= 0.3 is 0 Å². The molecule has 16 heavy (non-hydrogen) atoms. The minimum Gasteiger partial charge on any atom is -0.405 e. The van der Waals surface area contributed by atoms with E-state index in [4.69, 9.17) is 22.4 Å². The molecular formula is C11H10ClN3O. The van der Waals surface area contributed by atoms with E-state index < -0.39 is 0 Å². The van der Waals surface area contributed by atoms with Crippen molar-refractivity contribution < 1.29 is 5.11 Å². The van der Waals surface area contributed by atoms with E-state index >= 15 is 0 Å². The number of nitrogens with zero attached hydrogens (tertiary/aromatic N) is 2. The molecule has 0 bridgehead atoms. The molecule has 3 N–H and O–H groups in total. The highest BCUT2D eigenvalue weighted by Crippen LogP contribution is 2.25. The fourth-order valence-corrected chi connectivity index (χ4v) is 1.80. The van der Waals surface area contributed by atoms with Crippen molar-refractivity contribution in [2.75, 3.05) is 0 Å². The van der Waals surface area contributed by atoms with Gasteiger partial charge in [0.05, 0.1) is 18.0 Å². The van der Waals surface area contributed by atoms with Crippen molar-refractivity contribution in [3.8, 4) is 0 Å². The zero-order valence-corrected chi connectivity index (χ0v) is 9.15.